The van der Waals surface area contributed by atoms with Gasteiger partial charge in [-0.2, -0.15) is 0 Å². The number of benzene rings is 1. The van der Waals surface area contributed by atoms with Crippen molar-refractivity contribution in [2.75, 3.05) is 31.3 Å². The molecule has 124 valence electrons. The van der Waals surface area contributed by atoms with Gasteiger partial charge in [0.25, 0.3) is 11.7 Å². The summed E-state index contributed by atoms with van der Waals surface area (Å²) in [5, 5.41) is 0. The summed E-state index contributed by atoms with van der Waals surface area (Å²) in [6, 6.07) is 7.92. The van der Waals surface area contributed by atoms with Crippen molar-refractivity contribution in [1.82, 2.24) is 0 Å². The van der Waals surface area contributed by atoms with E-state index in [1.165, 1.54) is 24.2 Å². The Morgan fingerprint density at radius 3 is 2.83 bits per heavy atom. The highest BCUT2D eigenvalue weighted by molar-refractivity contribution is 6.05. The largest absolute Gasteiger partial charge is 0.338 e. The molecule has 1 spiro atoms. The fourth-order valence-corrected chi connectivity index (χ4v) is 3.98. The molecule has 1 aromatic rings. The Bertz CT molecular complexity index is 600. The molecule has 3 heterocycles. The quantitative estimate of drug-likeness (QED) is 0.886. The second-order valence-corrected chi connectivity index (χ2v) is 6.90. The van der Waals surface area contributed by atoms with Crippen LogP contribution in [-0.2, 0) is 20.1 Å². The molecule has 0 radical (unpaired) electrons. The molecule has 23 heavy (non-hydrogen) atoms. The first kappa shape index (κ1) is 15.1. The minimum Gasteiger partial charge on any atom is -0.338 e. The number of piperidine rings is 1. The maximum absolute atomic E-state index is 13.2. The van der Waals surface area contributed by atoms with Gasteiger partial charge in [-0.3, -0.25) is 9.69 Å². The van der Waals surface area contributed by atoms with Gasteiger partial charge in [-0.05, 0) is 38.7 Å². The van der Waals surface area contributed by atoms with Crippen LogP contribution in [0.1, 0.15) is 38.2 Å². The van der Waals surface area contributed by atoms with E-state index >= 15 is 0 Å². The molecule has 1 aromatic carbocycles. The molecule has 2 atom stereocenters. The fraction of sp³-hybridized carbons (Fsp3) is 0.611. The van der Waals surface area contributed by atoms with Crippen LogP contribution in [0.2, 0.25) is 0 Å². The Balaban J connectivity index is 1.67. The highest BCUT2D eigenvalue weighted by Gasteiger charge is 2.56. The number of carbonyl (C=O) groups excluding carboxylic acids is 1. The van der Waals surface area contributed by atoms with Crippen molar-refractivity contribution >= 4 is 11.6 Å². The summed E-state index contributed by atoms with van der Waals surface area (Å²) in [5.74, 6) is -1.27. The molecule has 3 aliphatic heterocycles. The van der Waals surface area contributed by atoms with E-state index in [9.17, 15) is 4.79 Å². The van der Waals surface area contributed by atoms with Crippen molar-refractivity contribution < 1.29 is 19.2 Å². The maximum atomic E-state index is 13.2. The summed E-state index contributed by atoms with van der Waals surface area (Å²) < 4.78 is 12.0. The molecule has 0 aliphatic carbocycles. The van der Waals surface area contributed by atoms with Crippen LogP contribution >= 0.6 is 0 Å². The number of hydrogen-bond acceptors (Lipinski definition) is 3. The molecule has 3 aliphatic rings. The second kappa shape index (κ2) is 5.89. The lowest BCUT2D eigenvalue weighted by atomic mass is 10.1. The standard InChI is InChI=1S/C18H24N2O3/c1-14-9-12-22-18(23-14)15-7-3-4-8-16(15)20(17(18)21)13-19-10-5-2-6-11-19/h3-4,7-8,14H,2,5-6,9-13H2,1H3/p+1/t14-,18-/m0/s1. The molecule has 0 aromatic heterocycles. The number of rotatable bonds is 2. The van der Waals surface area contributed by atoms with Gasteiger partial charge in [0.15, 0.2) is 6.67 Å². The molecule has 1 amide bonds. The first-order valence-electron chi connectivity index (χ1n) is 8.77. The molecular formula is C18H25N2O3+. The monoisotopic (exact) mass is 317 g/mol. The lowest BCUT2D eigenvalue weighted by Gasteiger charge is -2.36. The Kier molecular flexibility index (Phi) is 3.87. The van der Waals surface area contributed by atoms with E-state index in [2.05, 4.69) is 0 Å². The highest BCUT2D eigenvalue weighted by Crippen LogP contribution is 2.45. The molecule has 2 saturated heterocycles. The topological polar surface area (TPSA) is 43.2 Å². The van der Waals surface area contributed by atoms with E-state index in [1.54, 1.807) is 0 Å². The van der Waals surface area contributed by atoms with E-state index in [4.69, 9.17) is 9.47 Å². The average molecular weight is 317 g/mol. The van der Waals surface area contributed by atoms with Crippen molar-refractivity contribution in [3.05, 3.63) is 29.8 Å². The van der Waals surface area contributed by atoms with Crippen LogP contribution < -0.4 is 9.80 Å². The fourth-order valence-electron chi connectivity index (χ4n) is 3.98. The molecule has 4 rings (SSSR count). The molecule has 5 heteroatoms. The van der Waals surface area contributed by atoms with Crippen LogP contribution in [0, 0.1) is 0 Å². The number of hydrogen-bond donors (Lipinski definition) is 1. The molecule has 0 saturated carbocycles. The Hall–Kier alpha value is -1.43. The molecule has 2 fully saturated rings. The van der Waals surface area contributed by atoms with Crippen molar-refractivity contribution in [1.29, 1.82) is 0 Å². The SMILES string of the molecule is C[C@H]1CCO[C@@]2(O1)C(=O)N(C[NH+]1CCCCC1)c1ccccc12. The zero-order valence-electron chi connectivity index (χ0n) is 13.7. The lowest BCUT2D eigenvalue weighted by Crippen LogP contribution is -3.14. The molecular weight excluding hydrogens is 292 g/mol. The van der Waals surface area contributed by atoms with Gasteiger partial charge < -0.3 is 14.4 Å². The number of quaternary nitrogens is 1. The van der Waals surface area contributed by atoms with Gasteiger partial charge >= 0.3 is 0 Å². The Morgan fingerprint density at radius 2 is 2.04 bits per heavy atom. The summed E-state index contributed by atoms with van der Waals surface area (Å²) in [6.07, 6.45) is 4.65. The number of likely N-dealkylation sites (tertiary alicyclic amines) is 1. The van der Waals surface area contributed by atoms with Gasteiger partial charge in [0, 0.05) is 5.56 Å². The third-order valence-corrected chi connectivity index (χ3v) is 5.22. The van der Waals surface area contributed by atoms with Gasteiger partial charge in [0.2, 0.25) is 0 Å². The third-order valence-electron chi connectivity index (χ3n) is 5.22. The smallest absolute Gasteiger partial charge is 0.296 e. The van der Waals surface area contributed by atoms with Crippen LogP contribution in [-0.4, -0.2) is 38.4 Å². The van der Waals surface area contributed by atoms with Crippen molar-refractivity contribution in [3.63, 3.8) is 0 Å². The number of fused-ring (bicyclic) bond motifs is 2. The van der Waals surface area contributed by atoms with Gasteiger partial charge in [0.1, 0.15) is 0 Å². The number of amides is 1. The van der Waals surface area contributed by atoms with Crippen LogP contribution in [0.25, 0.3) is 0 Å². The summed E-state index contributed by atoms with van der Waals surface area (Å²) >= 11 is 0. The summed E-state index contributed by atoms with van der Waals surface area (Å²) in [5.41, 5.74) is 1.82. The average Bonchev–Trinajstić information content (AvgIpc) is 2.79. The van der Waals surface area contributed by atoms with Gasteiger partial charge in [-0.1, -0.05) is 18.2 Å². The normalized spacial score (nSPS) is 31.6. The zero-order chi connectivity index (χ0) is 15.9. The van der Waals surface area contributed by atoms with Crippen LogP contribution in [0.5, 0.6) is 0 Å². The zero-order valence-corrected chi connectivity index (χ0v) is 13.7. The van der Waals surface area contributed by atoms with Crippen molar-refractivity contribution in [2.45, 2.75) is 44.5 Å². The number of ether oxygens (including phenoxy) is 2. The minimum absolute atomic E-state index is 0.0306. The predicted octanol–water partition coefficient (Wildman–Crippen LogP) is 1.04. The first-order chi connectivity index (χ1) is 11.2. The summed E-state index contributed by atoms with van der Waals surface area (Å²) in [6.45, 7) is 5.55. The lowest BCUT2D eigenvalue weighted by molar-refractivity contribution is -0.903. The van der Waals surface area contributed by atoms with Crippen LogP contribution in [0.3, 0.4) is 0 Å². The van der Waals surface area contributed by atoms with Crippen molar-refractivity contribution in [2.24, 2.45) is 0 Å². The first-order valence-corrected chi connectivity index (χ1v) is 8.77. The Labute approximate surface area is 137 Å². The van der Waals surface area contributed by atoms with Gasteiger partial charge in [-0.15, -0.1) is 0 Å². The molecule has 0 unspecified atom stereocenters. The number of anilines is 1. The third kappa shape index (κ3) is 2.47. The van der Waals surface area contributed by atoms with E-state index in [0.717, 1.165) is 30.8 Å². The summed E-state index contributed by atoms with van der Waals surface area (Å²) in [4.78, 5) is 16.6. The van der Waals surface area contributed by atoms with E-state index < -0.39 is 5.79 Å². The summed E-state index contributed by atoms with van der Waals surface area (Å²) in [7, 11) is 0. The number of carbonyl (C=O) groups is 1. The van der Waals surface area contributed by atoms with E-state index in [-0.39, 0.29) is 12.0 Å². The molecule has 1 N–H and O–H groups in total. The highest BCUT2D eigenvalue weighted by atomic mass is 16.7. The van der Waals surface area contributed by atoms with Crippen LogP contribution in [0.15, 0.2) is 24.3 Å². The van der Waals surface area contributed by atoms with Crippen LogP contribution in [0.4, 0.5) is 5.69 Å². The number of nitrogens with zero attached hydrogens (tertiary/aromatic N) is 1. The second-order valence-electron chi connectivity index (χ2n) is 6.90. The molecule has 0 bridgehead atoms. The number of para-hydroxylation sites is 1. The Morgan fingerprint density at radius 1 is 1.26 bits per heavy atom. The maximum Gasteiger partial charge on any atom is 0.296 e. The van der Waals surface area contributed by atoms with Crippen molar-refractivity contribution in [3.8, 4) is 0 Å². The molecule has 5 nitrogen and oxygen atoms in total. The van der Waals surface area contributed by atoms with E-state index in [0.29, 0.717) is 13.3 Å². The minimum atomic E-state index is -1.22. The van der Waals surface area contributed by atoms with Gasteiger partial charge in [0.05, 0.1) is 31.5 Å². The van der Waals surface area contributed by atoms with E-state index in [1.807, 2.05) is 36.1 Å². The van der Waals surface area contributed by atoms with Gasteiger partial charge in [-0.25, -0.2) is 0 Å². The predicted molar refractivity (Wildman–Crippen MR) is 86.1 cm³/mol. The number of nitrogens with one attached hydrogen (secondary N) is 1.